The number of allylic oxidation sites excluding steroid dienone is 2. The Labute approximate surface area is 209 Å². The molecule has 0 aliphatic heterocycles. The number of carbonyl (C=O) groups is 1. The molecule has 4 nitrogen and oxygen atoms in total. The van der Waals surface area contributed by atoms with Gasteiger partial charge >= 0.3 is 0 Å². The molecule has 0 spiro atoms. The van der Waals surface area contributed by atoms with E-state index in [1.807, 2.05) is 36.4 Å². The molecule has 0 saturated heterocycles. The van der Waals surface area contributed by atoms with E-state index in [9.17, 15) is 4.79 Å². The maximum atomic E-state index is 10.0. The fourth-order valence-corrected chi connectivity index (χ4v) is 3.13. The quantitative estimate of drug-likeness (QED) is 0.148. The van der Waals surface area contributed by atoms with Crippen molar-refractivity contribution in [1.82, 2.24) is 4.98 Å². The van der Waals surface area contributed by atoms with E-state index in [1.54, 1.807) is 6.20 Å². The predicted octanol–water partition coefficient (Wildman–Crippen LogP) is 7.05. The van der Waals surface area contributed by atoms with E-state index in [2.05, 4.69) is 76.6 Å². The van der Waals surface area contributed by atoms with Gasteiger partial charge in [-0.05, 0) is 55.6 Å². The fraction of sp³-hybridized carbons (Fsp3) is 0.0714. The van der Waals surface area contributed by atoms with Crippen LogP contribution < -0.4 is 4.90 Å². The second-order valence-corrected chi connectivity index (χ2v) is 7.08. The van der Waals surface area contributed by atoms with Gasteiger partial charge in [-0.15, -0.1) is 29.8 Å². The first-order valence-electron chi connectivity index (χ1n) is 10.3. The van der Waals surface area contributed by atoms with Crippen LogP contribution in [-0.4, -0.2) is 15.9 Å². The van der Waals surface area contributed by atoms with E-state index in [0.717, 1.165) is 28.3 Å². The Morgan fingerprint density at radius 2 is 1.39 bits per heavy atom. The van der Waals surface area contributed by atoms with Gasteiger partial charge in [-0.2, -0.15) is 0 Å². The van der Waals surface area contributed by atoms with E-state index in [1.165, 1.54) is 19.9 Å². The summed E-state index contributed by atoms with van der Waals surface area (Å²) in [5.74, 6) is -0.0625. The second kappa shape index (κ2) is 13.1. The van der Waals surface area contributed by atoms with Crippen LogP contribution >= 0.6 is 0 Å². The van der Waals surface area contributed by atoms with Crippen LogP contribution in [0.1, 0.15) is 13.8 Å². The molecule has 3 aromatic carbocycles. The summed E-state index contributed by atoms with van der Waals surface area (Å²) in [6, 6.07) is 36.2. The molecule has 5 heteroatoms. The third-order valence-corrected chi connectivity index (χ3v) is 4.44. The zero-order valence-electron chi connectivity index (χ0n) is 18.5. The Hall–Kier alpha value is -3.49. The van der Waals surface area contributed by atoms with Gasteiger partial charge in [-0.1, -0.05) is 48.5 Å². The van der Waals surface area contributed by atoms with Gasteiger partial charge in [0.15, 0.2) is 5.78 Å². The molecule has 1 N–H and O–H groups in total. The van der Waals surface area contributed by atoms with Gasteiger partial charge in [-0.3, -0.25) is 4.79 Å². The van der Waals surface area contributed by atoms with Gasteiger partial charge in [0, 0.05) is 44.7 Å². The molecule has 0 unspecified atom stereocenters. The number of aliphatic hydroxyl groups is 1. The van der Waals surface area contributed by atoms with Gasteiger partial charge < -0.3 is 15.0 Å². The number of anilines is 3. The Morgan fingerprint density at radius 1 is 0.818 bits per heavy atom. The minimum Gasteiger partial charge on any atom is -0.512 e. The van der Waals surface area contributed by atoms with Crippen molar-refractivity contribution in [3.8, 4) is 11.3 Å². The average Bonchev–Trinajstić information content (AvgIpc) is 2.81. The van der Waals surface area contributed by atoms with E-state index < -0.39 is 0 Å². The van der Waals surface area contributed by atoms with Crippen molar-refractivity contribution in [3.05, 3.63) is 121 Å². The molecule has 0 atom stereocenters. The Balaban J connectivity index is 0.000000423. The smallest absolute Gasteiger partial charge is 0.155 e. The molecule has 1 aromatic heterocycles. The Bertz CT molecular complexity index is 1100. The molecular formula is C28H25N2O2Pt-. The Morgan fingerprint density at radius 3 is 1.79 bits per heavy atom. The standard InChI is InChI=1S/C23H17N2.C5H8O2.Pt/c1-3-9-20(10-4-1)25(21-11-5-2-6-12-21)22-16-14-19(15-17-22)23-13-7-8-18-24-23;1-4(6)3-5(2)7;/h1-14,16-18H;3,6H,1-2H3;/q-1;;/b;4-3-;. The number of hydrogen-bond acceptors (Lipinski definition) is 4. The molecule has 170 valence electrons. The maximum Gasteiger partial charge on any atom is 0.155 e. The molecule has 4 rings (SSSR count). The number of hydrogen-bond donors (Lipinski definition) is 1. The average molecular weight is 617 g/mol. The van der Waals surface area contributed by atoms with Gasteiger partial charge in [-0.25, -0.2) is 0 Å². The van der Waals surface area contributed by atoms with Crippen LogP contribution in [0.5, 0.6) is 0 Å². The van der Waals surface area contributed by atoms with Crippen LogP contribution in [0, 0.1) is 6.07 Å². The minimum absolute atomic E-state index is 0. The minimum atomic E-state index is -0.125. The molecule has 0 fully saturated rings. The molecule has 0 radical (unpaired) electrons. The number of rotatable bonds is 5. The molecule has 0 saturated carbocycles. The van der Waals surface area contributed by atoms with Crippen LogP contribution in [0.4, 0.5) is 17.1 Å². The van der Waals surface area contributed by atoms with Gasteiger partial charge in [0.2, 0.25) is 0 Å². The molecular weight excluding hydrogens is 591 g/mol. The van der Waals surface area contributed by atoms with Crippen molar-refractivity contribution >= 4 is 22.8 Å². The monoisotopic (exact) mass is 616 g/mol. The van der Waals surface area contributed by atoms with Crippen LogP contribution in [0.2, 0.25) is 0 Å². The summed E-state index contributed by atoms with van der Waals surface area (Å²) in [4.78, 5) is 16.6. The summed E-state index contributed by atoms with van der Waals surface area (Å²) in [5, 5.41) is 8.36. The largest absolute Gasteiger partial charge is 0.512 e. The molecule has 33 heavy (non-hydrogen) atoms. The molecule has 4 aromatic rings. The van der Waals surface area contributed by atoms with Crippen LogP contribution in [-0.2, 0) is 25.9 Å². The summed E-state index contributed by atoms with van der Waals surface area (Å²) >= 11 is 0. The van der Waals surface area contributed by atoms with E-state index in [4.69, 9.17) is 5.11 Å². The van der Waals surface area contributed by atoms with E-state index >= 15 is 0 Å². The third kappa shape index (κ3) is 7.85. The summed E-state index contributed by atoms with van der Waals surface area (Å²) in [6.45, 7) is 2.85. The number of para-hydroxylation sites is 2. The van der Waals surface area contributed by atoms with Crippen molar-refractivity contribution in [2.75, 3.05) is 4.90 Å². The summed E-state index contributed by atoms with van der Waals surface area (Å²) in [6.07, 6.45) is 2.97. The first-order valence-corrected chi connectivity index (χ1v) is 10.3. The van der Waals surface area contributed by atoms with Crippen LogP contribution in [0.15, 0.2) is 115 Å². The Kier molecular flexibility index (Phi) is 10.3. The first kappa shape index (κ1) is 25.8. The molecule has 0 amide bonds. The molecule has 0 aliphatic carbocycles. The molecule has 1 heterocycles. The zero-order valence-corrected chi connectivity index (χ0v) is 20.7. The molecule has 0 aliphatic rings. The number of carbonyl (C=O) groups excluding carboxylic acids is 1. The van der Waals surface area contributed by atoms with E-state index in [0.29, 0.717) is 0 Å². The number of aromatic nitrogens is 1. The van der Waals surface area contributed by atoms with Gasteiger partial charge in [0.25, 0.3) is 0 Å². The van der Waals surface area contributed by atoms with Crippen molar-refractivity contribution in [3.63, 3.8) is 0 Å². The van der Waals surface area contributed by atoms with Crippen molar-refractivity contribution in [1.29, 1.82) is 0 Å². The summed E-state index contributed by atoms with van der Waals surface area (Å²) in [7, 11) is 0. The number of ketones is 1. The van der Waals surface area contributed by atoms with Crippen LogP contribution in [0.3, 0.4) is 0 Å². The van der Waals surface area contributed by atoms with Gasteiger partial charge in [0.1, 0.15) is 0 Å². The summed E-state index contributed by atoms with van der Waals surface area (Å²) < 4.78 is 0. The fourth-order valence-electron chi connectivity index (χ4n) is 3.13. The normalized spacial score (nSPS) is 10.3. The van der Waals surface area contributed by atoms with E-state index in [-0.39, 0.29) is 32.6 Å². The van der Waals surface area contributed by atoms with Gasteiger partial charge in [0.05, 0.1) is 5.76 Å². The van der Waals surface area contributed by atoms with Crippen molar-refractivity contribution in [2.24, 2.45) is 0 Å². The number of nitrogens with zero attached hydrogens (tertiary/aromatic N) is 2. The van der Waals surface area contributed by atoms with Crippen molar-refractivity contribution < 1.29 is 31.0 Å². The SMILES string of the molecule is CC(=O)/C=C(/C)O.[Pt].[c-]1cc(N(c2ccccc2)c2ccccc2)ccc1-c1ccccn1. The first-order chi connectivity index (χ1) is 15.5. The molecule has 0 bridgehead atoms. The number of pyridine rings is 1. The topological polar surface area (TPSA) is 53.4 Å². The maximum absolute atomic E-state index is 10.0. The third-order valence-electron chi connectivity index (χ3n) is 4.44. The predicted molar refractivity (Wildman–Crippen MR) is 130 cm³/mol. The summed E-state index contributed by atoms with van der Waals surface area (Å²) in [5.41, 5.74) is 5.22. The number of aliphatic hydroxyl groups excluding tert-OH is 1. The van der Waals surface area contributed by atoms with Crippen LogP contribution in [0.25, 0.3) is 11.3 Å². The second-order valence-electron chi connectivity index (χ2n) is 7.08. The zero-order chi connectivity index (χ0) is 22.8. The van der Waals surface area contributed by atoms with Crippen molar-refractivity contribution in [2.45, 2.75) is 13.8 Å². The number of benzene rings is 3.